The van der Waals surface area contributed by atoms with Crippen molar-refractivity contribution in [3.05, 3.63) is 95.6 Å². The van der Waals surface area contributed by atoms with Gasteiger partial charge in [-0.25, -0.2) is 0 Å². The van der Waals surface area contributed by atoms with Crippen LogP contribution in [0.25, 0.3) is 10.8 Å². The van der Waals surface area contributed by atoms with Crippen LogP contribution in [0.4, 0.5) is 0 Å². The van der Waals surface area contributed by atoms with E-state index in [1.165, 1.54) is 5.56 Å². The summed E-state index contributed by atoms with van der Waals surface area (Å²) in [6.45, 7) is 3.95. The topological polar surface area (TPSA) is 67.4 Å². The number of nitrogens with one attached hydrogen (secondary N) is 1. The Morgan fingerprint density at radius 3 is 2.29 bits per heavy atom. The van der Waals surface area contributed by atoms with Crippen molar-refractivity contribution in [3.8, 4) is 23.0 Å². The number of hydrogen-bond donors (Lipinski definition) is 1. The zero-order valence-corrected chi connectivity index (χ0v) is 24.8. The number of fused-ring (bicyclic) bond motifs is 1. The second-order valence-electron chi connectivity index (χ2n) is 10.4. The molecule has 1 aliphatic rings. The maximum Gasteiger partial charge on any atom is 0.132 e. The molecule has 0 bridgehead atoms. The predicted molar refractivity (Wildman–Crippen MR) is 165 cm³/mol. The van der Waals surface area contributed by atoms with E-state index in [2.05, 4.69) is 35.6 Å². The van der Waals surface area contributed by atoms with Gasteiger partial charge >= 0.3 is 0 Å². The van der Waals surface area contributed by atoms with Crippen molar-refractivity contribution >= 4 is 10.8 Å². The van der Waals surface area contributed by atoms with E-state index in [0.29, 0.717) is 26.4 Å². The molecule has 7 heteroatoms. The highest BCUT2D eigenvalue weighted by molar-refractivity contribution is 5.94. The maximum absolute atomic E-state index is 6.56. The molecule has 0 unspecified atom stereocenters. The number of piperidine rings is 1. The van der Waals surface area contributed by atoms with Crippen LogP contribution in [0.15, 0.2) is 78.9 Å². The van der Waals surface area contributed by atoms with Gasteiger partial charge in [0.1, 0.15) is 23.0 Å². The third kappa shape index (κ3) is 7.16. The summed E-state index contributed by atoms with van der Waals surface area (Å²) in [4.78, 5) is 0. The normalized spacial score (nSPS) is 16.7. The van der Waals surface area contributed by atoms with Crippen LogP contribution in [-0.2, 0) is 22.7 Å². The first-order chi connectivity index (χ1) is 20.7. The molecule has 4 aromatic rings. The summed E-state index contributed by atoms with van der Waals surface area (Å²) in [7, 11) is 5.09. The quantitative estimate of drug-likeness (QED) is 0.173. The maximum atomic E-state index is 6.56. The fourth-order valence-electron chi connectivity index (χ4n) is 5.64. The van der Waals surface area contributed by atoms with Crippen molar-refractivity contribution < 1.29 is 28.4 Å². The lowest BCUT2D eigenvalue weighted by atomic mass is 9.87. The predicted octanol–water partition coefficient (Wildman–Crippen LogP) is 6.51. The summed E-state index contributed by atoms with van der Waals surface area (Å²) in [5, 5.41) is 5.55. The van der Waals surface area contributed by atoms with Gasteiger partial charge in [-0.05, 0) is 42.8 Å². The van der Waals surface area contributed by atoms with Gasteiger partial charge in [-0.15, -0.1) is 0 Å². The largest absolute Gasteiger partial charge is 0.496 e. The molecule has 42 heavy (non-hydrogen) atoms. The van der Waals surface area contributed by atoms with E-state index in [1.807, 2.05) is 48.5 Å². The lowest BCUT2D eigenvalue weighted by Crippen LogP contribution is -2.41. The SMILES string of the molecule is COc1ccccc1COCCCOc1ccc([C@@H]2CCNC[C@H]2OCc2cc(OC)c3ccccc3c2OC)cc1. The standard InChI is InChI=1S/C35H41NO6/c1-37-32-12-7-4-9-26(32)23-40-19-8-20-41-28-15-13-25(14-16-28)29-17-18-36-22-34(29)42-24-27-21-33(38-2)30-10-5-6-11-31(30)35(27)39-3/h4-7,9-16,21,29,34,36H,8,17-20,22-24H2,1-3H3/t29-,34+/m0/s1. The zero-order chi connectivity index (χ0) is 29.1. The fraction of sp³-hybridized carbons (Fsp3) is 0.371. The highest BCUT2D eigenvalue weighted by Crippen LogP contribution is 2.38. The Labute approximate surface area is 248 Å². The molecule has 0 saturated carbocycles. The number of ether oxygens (including phenoxy) is 6. The number of methoxy groups -OCH3 is 3. The number of hydrogen-bond acceptors (Lipinski definition) is 7. The van der Waals surface area contributed by atoms with E-state index in [1.54, 1.807) is 21.3 Å². The van der Waals surface area contributed by atoms with Crippen LogP contribution in [0.3, 0.4) is 0 Å². The van der Waals surface area contributed by atoms with E-state index in [-0.39, 0.29) is 12.0 Å². The molecule has 7 nitrogen and oxygen atoms in total. The Hall–Kier alpha value is -3.78. The molecular weight excluding hydrogens is 530 g/mol. The Morgan fingerprint density at radius 1 is 0.738 bits per heavy atom. The van der Waals surface area contributed by atoms with Gasteiger partial charge < -0.3 is 33.7 Å². The molecule has 0 amide bonds. The summed E-state index contributed by atoms with van der Waals surface area (Å²) in [6.07, 6.45) is 1.85. The molecule has 2 atom stereocenters. The average Bonchev–Trinajstić information content (AvgIpc) is 3.05. The summed E-state index contributed by atoms with van der Waals surface area (Å²) >= 11 is 0. The average molecular weight is 572 g/mol. The minimum Gasteiger partial charge on any atom is -0.496 e. The van der Waals surface area contributed by atoms with E-state index in [0.717, 1.165) is 70.8 Å². The first-order valence-electron chi connectivity index (χ1n) is 14.6. The molecule has 0 spiro atoms. The molecule has 1 saturated heterocycles. The molecule has 1 fully saturated rings. The van der Waals surface area contributed by atoms with Gasteiger partial charge in [-0.1, -0.05) is 54.6 Å². The number of para-hydroxylation sites is 1. The number of rotatable bonds is 14. The molecule has 1 aliphatic heterocycles. The molecule has 1 N–H and O–H groups in total. The molecule has 4 aromatic carbocycles. The lowest BCUT2D eigenvalue weighted by Gasteiger charge is -2.33. The van der Waals surface area contributed by atoms with E-state index in [9.17, 15) is 0 Å². The van der Waals surface area contributed by atoms with Crippen LogP contribution in [0.5, 0.6) is 23.0 Å². The van der Waals surface area contributed by atoms with Crippen LogP contribution in [0, 0.1) is 0 Å². The molecule has 0 aliphatic carbocycles. The van der Waals surface area contributed by atoms with Crippen molar-refractivity contribution in [2.75, 3.05) is 47.6 Å². The summed E-state index contributed by atoms with van der Waals surface area (Å²) in [5.41, 5.74) is 3.29. The minimum absolute atomic E-state index is 0.0353. The highest BCUT2D eigenvalue weighted by Gasteiger charge is 2.28. The molecule has 0 aromatic heterocycles. The molecule has 5 rings (SSSR count). The van der Waals surface area contributed by atoms with Gasteiger partial charge in [0.15, 0.2) is 0 Å². The van der Waals surface area contributed by atoms with Crippen LogP contribution < -0.4 is 24.3 Å². The summed E-state index contributed by atoms with van der Waals surface area (Å²) in [5.74, 6) is 3.66. The van der Waals surface area contributed by atoms with Gasteiger partial charge in [0.05, 0.1) is 53.9 Å². The van der Waals surface area contributed by atoms with E-state index in [4.69, 9.17) is 28.4 Å². The van der Waals surface area contributed by atoms with Gasteiger partial charge in [0.25, 0.3) is 0 Å². The van der Waals surface area contributed by atoms with Crippen molar-refractivity contribution in [3.63, 3.8) is 0 Å². The second-order valence-corrected chi connectivity index (χ2v) is 10.4. The second kappa shape index (κ2) is 14.9. The van der Waals surface area contributed by atoms with E-state index < -0.39 is 0 Å². The van der Waals surface area contributed by atoms with Crippen LogP contribution in [0.2, 0.25) is 0 Å². The molecule has 0 radical (unpaired) electrons. The Kier molecular flexibility index (Phi) is 10.5. The minimum atomic E-state index is 0.0353. The van der Waals surface area contributed by atoms with Crippen LogP contribution in [0.1, 0.15) is 35.4 Å². The Balaban J connectivity index is 1.14. The molecule has 222 valence electrons. The first-order valence-corrected chi connectivity index (χ1v) is 14.6. The fourth-order valence-corrected chi connectivity index (χ4v) is 5.64. The molecular formula is C35H41NO6. The van der Waals surface area contributed by atoms with Crippen molar-refractivity contribution in [1.82, 2.24) is 5.32 Å². The highest BCUT2D eigenvalue weighted by atomic mass is 16.5. The third-order valence-corrected chi connectivity index (χ3v) is 7.80. The number of benzene rings is 4. The van der Waals surface area contributed by atoms with Crippen LogP contribution >= 0.6 is 0 Å². The Bertz CT molecular complexity index is 1420. The third-order valence-electron chi connectivity index (χ3n) is 7.80. The van der Waals surface area contributed by atoms with Crippen molar-refractivity contribution in [2.45, 2.75) is 38.1 Å². The van der Waals surface area contributed by atoms with Crippen molar-refractivity contribution in [2.24, 2.45) is 0 Å². The van der Waals surface area contributed by atoms with E-state index >= 15 is 0 Å². The Morgan fingerprint density at radius 2 is 1.50 bits per heavy atom. The van der Waals surface area contributed by atoms with Gasteiger partial charge in [0, 0.05) is 40.8 Å². The van der Waals surface area contributed by atoms with Gasteiger partial charge in [-0.2, -0.15) is 0 Å². The summed E-state index contributed by atoms with van der Waals surface area (Å²) in [6, 6.07) is 26.5. The van der Waals surface area contributed by atoms with Crippen molar-refractivity contribution in [1.29, 1.82) is 0 Å². The monoisotopic (exact) mass is 571 g/mol. The smallest absolute Gasteiger partial charge is 0.132 e. The van der Waals surface area contributed by atoms with Crippen LogP contribution in [-0.4, -0.2) is 53.7 Å². The first kappa shape index (κ1) is 29.7. The zero-order valence-electron chi connectivity index (χ0n) is 24.8. The molecule has 1 heterocycles. The lowest BCUT2D eigenvalue weighted by molar-refractivity contribution is 0.00983. The summed E-state index contributed by atoms with van der Waals surface area (Å²) < 4.78 is 35.3. The van der Waals surface area contributed by atoms with Gasteiger partial charge in [-0.3, -0.25) is 0 Å². The van der Waals surface area contributed by atoms with Gasteiger partial charge in [0.2, 0.25) is 0 Å².